The van der Waals surface area contributed by atoms with Crippen molar-refractivity contribution in [2.45, 2.75) is 13.0 Å². The lowest BCUT2D eigenvalue weighted by Crippen LogP contribution is -2.19. The van der Waals surface area contributed by atoms with Gasteiger partial charge in [-0.25, -0.2) is 9.78 Å². The highest BCUT2D eigenvalue weighted by Crippen LogP contribution is 2.08. The first-order valence-electron chi connectivity index (χ1n) is 4.59. The lowest BCUT2D eigenvalue weighted by Gasteiger charge is -2.12. The topological polar surface area (TPSA) is 62.2 Å². The Kier molecular flexibility index (Phi) is 4.42. The molecule has 5 heteroatoms. The first kappa shape index (κ1) is 11.8. The van der Waals surface area contributed by atoms with Gasteiger partial charge in [-0.05, 0) is 25.3 Å². The Balaban J connectivity index is 2.69. The van der Waals surface area contributed by atoms with Gasteiger partial charge in [-0.15, -0.1) is 0 Å². The van der Waals surface area contributed by atoms with Crippen molar-refractivity contribution >= 4 is 23.5 Å². The minimum Gasteiger partial charge on any atom is -0.477 e. The lowest BCUT2D eigenvalue weighted by molar-refractivity contribution is 0.0690. The molecule has 2 N–H and O–H groups in total. The van der Waals surface area contributed by atoms with Crippen LogP contribution in [0.15, 0.2) is 18.2 Å². The highest BCUT2D eigenvalue weighted by atomic mass is 32.2. The Hall–Kier alpha value is -1.23. The van der Waals surface area contributed by atoms with E-state index < -0.39 is 5.97 Å². The zero-order valence-corrected chi connectivity index (χ0v) is 9.54. The van der Waals surface area contributed by atoms with E-state index >= 15 is 0 Å². The van der Waals surface area contributed by atoms with Crippen molar-refractivity contribution in [3.05, 3.63) is 23.9 Å². The van der Waals surface area contributed by atoms with E-state index in [1.54, 1.807) is 23.9 Å². The van der Waals surface area contributed by atoms with Crippen LogP contribution in [0.2, 0.25) is 0 Å². The molecule has 0 amide bonds. The fourth-order valence-electron chi connectivity index (χ4n) is 1.18. The van der Waals surface area contributed by atoms with Crippen LogP contribution in [0.3, 0.4) is 0 Å². The van der Waals surface area contributed by atoms with Gasteiger partial charge in [-0.1, -0.05) is 6.07 Å². The van der Waals surface area contributed by atoms with Gasteiger partial charge in [0.05, 0.1) is 0 Å². The smallest absolute Gasteiger partial charge is 0.354 e. The van der Waals surface area contributed by atoms with Crippen molar-refractivity contribution in [3.63, 3.8) is 0 Å². The van der Waals surface area contributed by atoms with E-state index in [0.29, 0.717) is 5.82 Å². The van der Waals surface area contributed by atoms with E-state index in [9.17, 15) is 4.79 Å². The summed E-state index contributed by atoms with van der Waals surface area (Å²) in [5.41, 5.74) is 0.0661. The summed E-state index contributed by atoms with van der Waals surface area (Å²) >= 11 is 1.73. The highest BCUT2D eigenvalue weighted by Gasteiger charge is 2.06. The summed E-state index contributed by atoms with van der Waals surface area (Å²) in [6.45, 7) is 2.03. The Morgan fingerprint density at radius 1 is 1.67 bits per heavy atom. The summed E-state index contributed by atoms with van der Waals surface area (Å²) in [6.07, 6.45) is 2.03. The Labute approximate surface area is 93.1 Å². The van der Waals surface area contributed by atoms with Gasteiger partial charge in [-0.2, -0.15) is 11.8 Å². The van der Waals surface area contributed by atoms with Crippen molar-refractivity contribution in [2.24, 2.45) is 0 Å². The molecule has 1 aromatic heterocycles. The molecule has 0 bridgehead atoms. The minimum absolute atomic E-state index is 0.0661. The number of thioether (sulfide) groups is 1. The molecule has 0 aliphatic heterocycles. The molecule has 0 fully saturated rings. The molecule has 82 valence electrons. The molecule has 0 radical (unpaired) electrons. The van der Waals surface area contributed by atoms with Crippen molar-refractivity contribution in [1.82, 2.24) is 4.98 Å². The molecule has 1 heterocycles. The average Bonchev–Trinajstić information content (AvgIpc) is 2.18. The van der Waals surface area contributed by atoms with Crippen molar-refractivity contribution in [2.75, 3.05) is 17.3 Å². The number of nitrogens with one attached hydrogen (secondary N) is 1. The van der Waals surface area contributed by atoms with Crippen LogP contribution in [0.5, 0.6) is 0 Å². The minimum atomic E-state index is -1.00. The van der Waals surface area contributed by atoms with E-state index in [-0.39, 0.29) is 11.7 Å². The molecule has 0 aliphatic carbocycles. The molecule has 0 spiro atoms. The number of pyridine rings is 1. The lowest BCUT2D eigenvalue weighted by atomic mass is 10.3. The van der Waals surface area contributed by atoms with Gasteiger partial charge < -0.3 is 10.4 Å². The first-order valence-corrected chi connectivity index (χ1v) is 5.98. The predicted molar refractivity (Wildman–Crippen MR) is 62.7 cm³/mol. The number of nitrogens with zero attached hydrogens (tertiary/aromatic N) is 1. The maximum Gasteiger partial charge on any atom is 0.354 e. The molecular weight excluding hydrogens is 212 g/mol. The van der Waals surface area contributed by atoms with E-state index in [0.717, 1.165) is 5.75 Å². The molecule has 0 aliphatic rings. The van der Waals surface area contributed by atoms with Crippen LogP contribution in [0.1, 0.15) is 17.4 Å². The van der Waals surface area contributed by atoms with Crippen molar-refractivity contribution in [1.29, 1.82) is 0 Å². The molecule has 4 nitrogen and oxygen atoms in total. The third-order valence-electron chi connectivity index (χ3n) is 1.78. The van der Waals surface area contributed by atoms with Crippen LogP contribution in [-0.4, -0.2) is 34.1 Å². The second-order valence-corrected chi connectivity index (χ2v) is 4.12. The van der Waals surface area contributed by atoms with Crippen molar-refractivity contribution in [3.8, 4) is 0 Å². The molecule has 0 aromatic carbocycles. The number of hydrogen-bond donors (Lipinski definition) is 2. The maximum atomic E-state index is 10.7. The van der Waals surface area contributed by atoms with E-state index in [1.165, 1.54) is 6.07 Å². The maximum absolute atomic E-state index is 10.7. The quantitative estimate of drug-likeness (QED) is 0.803. The number of hydrogen-bond acceptors (Lipinski definition) is 4. The molecule has 1 rings (SSSR count). The van der Waals surface area contributed by atoms with Gasteiger partial charge >= 0.3 is 5.97 Å². The van der Waals surface area contributed by atoms with Gasteiger partial charge in [-0.3, -0.25) is 0 Å². The molecular formula is C10H14N2O2S. The molecule has 0 saturated carbocycles. The molecule has 1 atom stereocenters. The first-order chi connectivity index (χ1) is 7.13. The molecule has 1 aromatic rings. The molecule has 1 unspecified atom stereocenters. The average molecular weight is 226 g/mol. The summed E-state index contributed by atoms with van der Waals surface area (Å²) in [5.74, 6) is 0.562. The van der Waals surface area contributed by atoms with Gasteiger partial charge in [0.25, 0.3) is 0 Å². The molecule has 15 heavy (non-hydrogen) atoms. The largest absolute Gasteiger partial charge is 0.477 e. The number of aromatic nitrogens is 1. The third-order valence-corrected chi connectivity index (χ3v) is 2.61. The van der Waals surface area contributed by atoms with Gasteiger partial charge in [0, 0.05) is 11.8 Å². The zero-order valence-electron chi connectivity index (χ0n) is 8.73. The number of aromatic carboxylic acids is 1. The fraction of sp³-hybridized carbons (Fsp3) is 0.400. The highest BCUT2D eigenvalue weighted by molar-refractivity contribution is 7.98. The van der Waals surface area contributed by atoms with Gasteiger partial charge in [0.2, 0.25) is 0 Å². The number of rotatable bonds is 5. The van der Waals surface area contributed by atoms with E-state index in [1.807, 2.05) is 13.2 Å². The number of carboxylic acid groups (broad SMARTS) is 1. The van der Waals surface area contributed by atoms with Crippen LogP contribution < -0.4 is 5.32 Å². The van der Waals surface area contributed by atoms with Gasteiger partial charge in [0.1, 0.15) is 5.82 Å². The van der Waals surface area contributed by atoms with Crippen LogP contribution in [0.25, 0.3) is 0 Å². The summed E-state index contributed by atoms with van der Waals surface area (Å²) in [4.78, 5) is 14.6. The number of carboxylic acids is 1. The normalized spacial score (nSPS) is 12.1. The van der Waals surface area contributed by atoms with E-state index in [2.05, 4.69) is 10.3 Å². The monoisotopic (exact) mass is 226 g/mol. The Morgan fingerprint density at radius 3 is 3.00 bits per heavy atom. The fourth-order valence-corrected chi connectivity index (χ4v) is 1.76. The Bertz CT molecular complexity index is 344. The third kappa shape index (κ3) is 3.79. The number of carbonyl (C=O) groups is 1. The molecule has 0 saturated heterocycles. The zero-order chi connectivity index (χ0) is 11.3. The van der Waals surface area contributed by atoms with Crippen LogP contribution in [-0.2, 0) is 0 Å². The van der Waals surface area contributed by atoms with Crippen molar-refractivity contribution < 1.29 is 9.90 Å². The second-order valence-electron chi connectivity index (χ2n) is 3.21. The van der Waals surface area contributed by atoms with E-state index in [4.69, 9.17) is 5.11 Å². The SMILES string of the molecule is CSCC(C)Nc1cccc(C(=O)O)n1. The second kappa shape index (κ2) is 5.60. The summed E-state index contributed by atoms with van der Waals surface area (Å²) in [6, 6.07) is 5.21. The van der Waals surface area contributed by atoms with Crippen LogP contribution in [0.4, 0.5) is 5.82 Å². The van der Waals surface area contributed by atoms with Crippen LogP contribution in [0, 0.1) is 0 Å². The number of anilines is 1. The predicted octanol–water partition coefficient (Wildman–Crippen LogP) is 1.94. The summed E-state index contributed by atoms with van der Waals surface area (Å²) in [5, 5.41) is 11.9. The standard InChI is InChI=1S/C10H14N2O2S/c1-7(6-15-2)11-9-5-3-4-8(12-9)10(13)14/h3-5,7H,6H2,1-2H3,(H,11,12)(H,13,14). The van der Waals surface area contributed by atoms with Gasteiger partial charge in [0.15, 0.2) is 5.69 Å². The summed E-state index contributed by atoms with van der Waals surface area (Å²) in [7, 11) is 0. The Morgan fingerprint density at radius 2 is 2.40 bits per heavy atom. The van der Waals surface area contributed by atoms with Crippen LogP contribution >= 0.6 is 11.8 Å². The summed E-state index contributed by atoms with van der Waals surface area (Å²) < 4.78 is 0.